The number of sulfonamides is 1. The Balaban J connectivity index is 0.00000387. The van der Waals surface area contributed by atoms with Gasteiger partial charge in [-0.25, -0.2) is 23.1 Å². The van der Waals surface area contributed by atoms with Crippen LogP contribution in [0.5, 0.6) is 0 Å². The van der Waals surface area contributed by atoms with E-state index in [0.717, 1.165) is 12.8 Å². The van der Waals surface area contributed by atoms with E-state index in [9.17, 15) is 8.42 Å². The fourth-order valence-corrected chi connectivity index (χ4v) is 5.85. The van der Waals surface area contributed by atoms with Gasteiger partial charge in [0.05, 0.1) is 4.90 Å². The summed E-state index contributed by atoms with van der Waals surface area (Å²) in [7, 11) is -3.89. The van der Waals surface area contributed by atoms with Gasteiger partial charge in [0.25, 0.3) is 10.0 Å². The Kier molecular flexibility index (Phi) is 9.41. The topological polar surface area (TPSA) is 233 Å². The second kappa shape index (κ2) is 12.6. The van der Waals surface area contributed by atoms with Crippen molar-refractivity contribution in [2.45, 2.75) is 48.8 Å². The van der Waals surface area contributed by atoms with Crippen molar-refractivity contribution < 1.29 is 8.42 Å². The minimum atomic E-state index is -3.89. The van der Waals surface area contributed by atoms with Crippen LogP contribution in [0.2, 0.25) is 0 Å². The van der Waals surface area contributed by atoms with Crippen molar-refractivity contribution in [1.82, 2.24) is 24.9 Å². The maximum atomic E-state index is 12.8. The van der Waals surface area contributed by atoms with Gasteiger partial charge in [-0.2, -0.15) is 15.0 Å². The first-order valence-corrected chi connectivity index (χ1v) is 14.5. The minimum Gasteiger partial charge on any atom is -0.338 e. The van der Waals surface area contributed by atoms with Gasteiger partial charge >= 0.3 is 0 Å². The summed E-state index contributed by atoms with van der Waals surface area (Å²) in [4.78, 5) is 26.0. The first-order valence-electron chi connectivity index (χ1n) is 13.0. The van der Waals surface area contributed by atoms with Gasteiger partial charge in [-0.05, 0) is 50.1 Å². The first kappa shape index (κ1) is 30.5. The SMILES string of the molecule is Cc1ccnc(NS(=O)(=O)c2ccc(Nc3nc(N4C[C@H](N)C[C@H](N)C4)nc(N4C[C@H](N)C[C@H](N)C4)n3)cc2)n1.Cl. The van der Waals surface area contributed by atoms with E-state index in [4.69, 9.17) is 27.9 Å². The number of nitrogens with two attached hydrogens (primary N) is 4. The van der Waals surface area contributed by atoms with Gasteiger partial charge in [0, 0.05) is 67.9 Å². The Labute approximate surface area is 245 Å². The number of aryl methyl sites for hydroxylation is 1. The van der Waals surface area contributed by atoms with Crippen LogP contribution in [0.3, 0.4) is 0 Å². The number of piperidine rings is 2. The molecule has 2 aliphatic rings. The largest absolute Gasteiger partial charge is 0.338 e. The molecule has 17 heteroatoms. The molecule has 2 aliphatic heterocycles. The molecule has 3 aromatic rings. The smallest absolute Gasteiger partial charge is 0.264 e. The Morgan fingerprint density at radius 3 is 1.76 bits per heavy atom. The molecule has 2 fully saturated rings. The van der Waals surface area contributed by atoms with E-state index in [1.165, 1.54) is 18.3 Å². The summed E-state index contributed by atoms with van der Waals surface area (Å²) in [6.07, 6.45) is 2.92. The number of hydrogen-bond acceptors (Lipinski definition) is 14. The number of benzene rings is 1. The zero-order valence-electron chi connectivity index (χ0n) is 22.6. The molecule has 1 aromatic carbocycles. The van der Waals surface area contributed by atoms with Gasteiger partial charge in [0.2, 0.25) is 23.8 Å². The molecule has 0 unspecified atom stereocenters. The van der Waals surface area contributed by atoms with E-state index in [1.54, 1.807) is 25.1 Å². The standard InChI is InChI=1S/C24H35N13O2S.ClH/c1-14-6-7-29-21(30-14)35-40(38,39)20-4-2-19(3-5-20)31-22-32-23(36-10-15(25)8-16(26)11-36)34-24(33-22)37-12-17(27)9-18(28)13-37;/h2-7,15-18H,8-13,25-28H2,1H3,(H,29,30,35)(H,31,32,33,34);1H/t15-,16+,17-,18+;. The van der Waals surface area contributed by atoms with Crippen LogP contribution in [0.15, 0.2) is 41.4 Å². The maximum Gasteiger partial charge on any atom is 0.264 e. The number of nitrogens with zero attached hydrogens (tertiary/aromatic N) is 7. The third-order valence-corrected chi connectivity index (χ3v) is 7.99. The Hall–Kier alpha value is -3.41. The van der Waals surface area contributed by atoms with Crippen LogP contribution in [0.1, 0.15) is 18.5 Å². The lowest BCUT2D eigenvalue weighted by atomic mass is 10.0. The lowest BCUT2D eigenvalue weighted by Crippen LogP contribution is -2.54. The Morgan fingerprint density at radius 1 is 0.756 bits per heavy atom. The van der Waals surface area contributed by atoms with Crippen LogP contribution in [0.25, 0.3) is 0 Å². The molecule has 0 spiro atoms. The highest BCUT2D eigenvalue weighted by atomic mass is 35.5. The third kappa shape index (κ3) is 7.66. The fourth-order valence-electron chi connectivity index (χ4n) is 4.90. The minimum absolute atomic E-state index is 0. The molecule has 0 bridgehead atoms. The van der Waals surface area contributed by atoms with Crippen LogP contribution in [0, 0.1) is 6.92 Å². The highest BCUT2D eigenvalue weighted by Gasteiger charge is 2.29. The molecule has 41 heavy (non-hydrogen) atoms. The van der Waals surface area contributed by atoms with Gasteiger partial charge in [0.1, 0.15) is 0 Å². The number of rotatable bonds is 7. The second-order valence-corrected chi connectivity index (χ2v) is 12.0. The molecular weight excluding hydrogens is 570 g/mol. The van der Waals surface area contributed by atoms with Crippen molar-refractivity contribution in [3.05, 3.63) is 42.2 Å². The van der Waals surface area contributed by atoms with Gasteiger partial charge in [-0.3, -0.25) is 0 Å². The molecule has 0 amide bonds. The molecule has 2 aromatic heterocycles. The zero-order chi connectivity index (χ0) is 28.4. The van der Waals surface area contributed by atoms with E-state index >= 15 is 0 Å². The number of anilines is 5. The summed E-state index contributed by atoms with van der Waals surface area (Å²) in [6.45, 7) is 3.97. The first-order chi connectivity index (χ1) is 19.0. The molecule has 4 heterocycles. The van der Waals surface area contributed by atoms with Crippen molar-refractivity contribution in [1.29, 1.82) is 0 Å². The number of halogens is 1. The van der Waals surface area contributed by atoms with E-state index in [-0.39, 0.29) is 53.4 Å². The maximum absolute atomic E-state index is 12.8. The predicted octanol–water partition coefficient (Wildman–Crippen LogP) is -0.334. The van der Waals surface area contributed by atoms with Crippen LogP contribution in [-0.4, -0.2) is 83.7 Å². The van der Waals surface area contributed by atoms with Gasteiger partial charge in [0.15, 0.2) is 0 Å². The fraction of sp³-hybridized carbons (Fsp3) is 0.458. The molecule has 222 valence electrons. The summed E-state index contributed by atoms with van der Waals surface area (Å²) in [6, 6.07) is 7.43. The molecular formula is C24H36ClN13O2S. The quantitative estimate of drug-likeness (QED) is 0.202. The van der Waals surface area contributed by atoms with Crippen molar-refractivity contribution in [3.8, 4) is 0 Å². The van der Waals surface area contributed by atoms with Crippen LogP contribution < -0.4 is 42.8 Å². The lowest BCUT2D eigenvalue weighted by Gasteiger charge is -2.37. The van der Waals surface area contributed by atoms with Crippen molar-refractivity contribution in [3.63, 3.8) is 0 Å². The highest BCUT2D eigenvalue weighted by Crippen LogP contribution is 2.24. The van der Waals surface area contributed by atoms with Crippen LogP contribution in [-0.2, 0) is 10.0 Å². The van der Waals surface area contributed by atoms with E-state index in [0.29, 0.717) is 49.5 Å². The Morgan fingerprint density at radius 2 is 1.27 bits per heavy atom. The molecule has 0 radical (unpaired) electrons. The monoisotopic (exact) mass is 605 g/mol. The number of aromatic nitrogens is 5. The molecule has 4 atom stereocenters. The van der Waals surface area contributed by atoms with E-state index in [2.05, 4.69) is 30.0 Å². The second-order valence-electron chi connectivity index (χ2n) is 10.4. The summed E-state index contributed by atoms with van der Waals surface area (Å²) < 4.78 is 28.1. The van der Waals surface area contributed by atoms with E-state index in [1.807, 2.05) is 9.80 Å². The average Bonchev–Trinajstić information content (AvgIpc) is 2.87. The lowest BCUT2D eigenvalue weighted by molar-refractivity contribution is 0.441. The van der Waals surface area contributed by atoms with Gasteiger partial charge < -0.3 is 38.1 Å². The average molecular weight is 606 g/mol. The molecule has 0 saturated carbocycles. The molecule has 0 aliphatic carbocycles. The Bertz CT molecular complexity index is 1380. The van der Waals surface area contributed by atoms with Crippen molar-refractivity contribution in [2.75, 3.05) is 46.0 Å². The van der Waals surface area contributed by atoms with Gasteiger partial charge in [-0.1, -0.05) is 0 Å². The summed E-state index contributed by atoms with van der Waals surface area (Å²) in [5.74, 6) is 1.16. The number of nitrogens with one attached hydrogen (secondary N) is 2. The van der Waals surface area contributed by atoms with Crippen molar-refractivity contribution >= 4 is 51.9 Å². The molecule has 5 rings (SSSR count). The normalized spacial score (nSPS) is 23.0. The summed E-state index contributed by atoms with van der Waals surface area (Å²) in [5, 5.41) is 3.16. The highest BCUT2D eigenvalue weighted by molar-refractivity contribution is 7.92. The third-order valence-electron chi connectivity index (χ3n) is 6.65. The van der Waals surface area contributed by atoms with E-state index < -0.39 is 10.0 Å². The summed E-state index contributed by atoms with van der Waals surface area (Å²) in [5.41, 5.74) is 26.1. The van der Waals surface area contributed by atoms with Gasteiger partial charge in [-0.15, -0.1) is 12.4 Å². The zero-order valence-corrected chi connectivity index (χ0v) is 24.2. The molecule has 15 nitrogen and oxygen atoms in total. The van der Waals surface area contributed by atoms with Crippen molar-refractivity contribution in [2.24, 2.45) is 22.9 Å². The number of hydrogen-bond donors (Lipinski definition) is 6. The van der Waals surface area contributed by atoms with Crippen LogP contribution >= 0.6 is 12.4 Å². The predicted molar refractivity (Wildman–Crippen MR) is 160 cm³/mol. The molecule has 10 N–H and O–H groups in total. The molecule has 2 saturated heterocycles. The summed E-state index contributed by atoms with van der Waals surface area (Å²) >= 11 is 0. The van der Waals surface area contributed by atoms with Crippen LogP contribution in [0.4, 0.5) is 29.5 Å².